The second-order valence-corrected chi connectivity index (χ2v) is 5.76. The zero-order chi connectivity index (χ0) is 17.1. The van der Waals surface area contributed by atoms with Gasteiger partial charge in [0.2, 0.25) is 0 Å². The van der Waals surface area contributed by atoms with E-state index in [0.29, 0.717) is 31.9 Å². The van der Waals surface area contributed by atoms with Crippen molar-refractivity contribution >= 4 is 17.7 Å². The molecule has 3 rings (SSSR count). The van der Waals surface area contributed by atoms with E-state index in [2.05, 4.69) is 5.32 Å². The van der Waals surface area contributed by atoms with E-state index < -0.39 is 11.9 Å². The van der Waals surface area contributed by atoms with Crippen molar-refractivity contribution in [1.82, 2.24) is 10.2 Å². The van der Waals surface area contributed by atoms with E-state index in [1.807, 2.05) is 0 Å². The van der Waals surface area contributed by atoms with E-state index in [-0.39, 0.29) is 30.7 Å². The van der Waals surface area contributed by atoms with Crippen molar-refractivity contribution in [1.29, 1.82) is 0 Å². The molecule has 7 nitrogen and oxygen atoms in total. The molecule has 0 aliphatic carbocycles. The molecule has 2 saturated heterocycles. The van der Waals surface area contributed by atoms with Crippen LogP contribution < -0.4 is 10.2 Å². The molecule has 2 heterocycles. The van der Waals surface area contributed by atoms with Crippen molar-refractivity contribution in [2.45, 2.75) is 6.04 Å². The Bertz CT molecular complexity index is 634. The molecule has 24 heavy (non-hydrogen) atoms. The van der Waals surface area contributed by atoms with Gasteiger partial charge in [-0.3, -0.25) is 9.69 Å². The van der Waals surface area contributed by atoms with Crippen molar-refractivity contribution in [2.24, 2.45) is 0 Å². The summed E-state index contributed by atoms with van der Waals surface area (Å²) >= 11 is 0. The molecule has 0 radical (unpaired) electrons. The molecule has 1 aromatic rings. The van der Waals surface area contributed by atoms with Gasteiger partial charge in [0.05, 0.1) is 23.9 Å². The fraction of sp³-hybridized carbons (Fsp3) is 0.500. The summed E-state index contributed by atoms with van der Waals surface area (Å²) in [6, 6.07) is 3.87. The van der Waals surface area contributed by atoms with Gasteiger partial charge in [0.25, 0.3) is 5.91 Å². The molecule has 8 heteroatoms. The number of hydrogen-bond acceptors (Lipinski definition) is 5. The number of anilines is 1. The van der Waals surface area contributed by atoms with Crippen LogP contribution in [0.2, 0.25) is 0 Å². The highest BCUT2D eigenvalue weighted by Gasteiger charge is 2.35. The lowest BCUT2D eigenvalue weighted by Gasteiger charge is -2.28. The maximum Gasteiger partial charge on any atom is 0.414 e. The summed E-state index contributed by atoms with van der Waals surface area (Å²) in [4.78, 5) is 27.3. The first-order chi connectivity index (χ1) is 11.6. The normalized spacial score (nSPS) is 21.1. The first-order valence-corrected chi connectivity index (χ1v) is 7.86. The first kappa shape index (κ1) is 16.7. The molecule has 2 fully saturated rings. The van der Waals surface area contributed by atoms with Crippen molar-refractivity contribution in [3.05, 3.63) is 29.6 Å². The molecular formula is C16H20FN3O4. The maximum absolute atomic E-state index is 14.5. The number of halogens is 1. The summed E-state index contributed by atoms with van der Waals surface area (Å²) in [7, 11) is 1.52. The number of rotatable bonds is 4. The van der Waals surface area contributed by atoms with Crippen LogP contribution in [0, 0.1) is 5.82 Å². The van der Waals surface area contributed by atoms with Crippen LogP contribution >= 0.6 is 0 Å². The molecule has 1 atom stereocenters. The Kier molecular flexibility index (Phi) is 4.96. The molecule has 0 aromatic heterocycles. The molecule has 0 saturated carbocycles. The van der Waals surface area contributed by atoms with Crippen LogP contribution in [-0.2, 0) is 9.47 Å². The van der Waals surface area contributed by atoms with Gasteiger partial charge in [0, 0.05) is 33.3 Å². The fourth-order valence-electron chi connectivity index (χ4n) is 2.96. The highest BCUT2D eigenvalue weighted by molar-refractivity contribution is 5.96. The van der Waals surface area contributed by atoms with Gasteiger partial charge in [-0.1, -0.05) is 0 Å². The van der Waals surface area contributed by atoms with E-state index in [1.165, 1.54) is 24.1 Å². The lowest BCUT2D eigenvalue weighted by molar-refractivity contribution is 0.0731. The summed E-state index contributed by atoms with van der Waals surface area (Å²) in [5.41, 5.74) is 0.366. The highest BCUT2D eigenvalue weighted by Crippen LogP contribution is 2.26. The number of piperazine rings is 1. The largest absolute Gasteiger partial charge is 0.447 e. The van der Waals surface area contributed by atoms with Gasteiger partial charge in [0.15, 0.2) is 0 Å². The summed E-state index contributed by atoms with van der Waals surface area (Å²) in [5, 5.41) is 3.15. The van der Waals surface area contributed by atoms with Crippen molar-refractivity contribution in [2.75, 3.05) is 51.4 Å². The fourth-order valence-corrected chi connectivity index (χ4v) is 2.96. The van der Waals surface area contributed by atoms with Crippen molar-refractivity contribution < 1.29 is 23.5 Å². The van der Waals surface area contributed by atoms with Crippen LogP contribution in [0.4, 0.5) is 14.9 Å². The van der Waals surface area contributed by atoms with Gasteiger partial charge in [-0.05, 0) is 18.2 Å². The third kappa shape index (κ3) is 3.20. The molecule has 1 aromatic carbocycles. The quantitative estimate of drug-likeness (QED) is 0.882. The van der Waals surface area contributed by atoms with Gasteiger partial charge < -0.3 is 19.7 Å². The topological polar surface area (TPSA) is 71.1 Å². The number of benzene rings is 1. The number of carbonyl (C=O) groups excluding carboxylic acids is 2. The van der Waals surface area contributed by atoms with Crippen LogP contribution in [0.5, 0.6) is 0 Å². The van der Waals surface area contributed by atoms with Crippen LogP contribution in [0.3, 0.4) is 0 Å². The van der Waals surface area contributed by atoms with E-state index >= 15 is 0 Å². The van der Waals surface area contributed by atoms with Gasteiger partial charge in [-0.25, -0.2) is 9.18 Å². The summed E-state index contributed by atoms with van der Waals surface area (Å²) < 4.78 is 24.5. The Morgan fingerprint density at radius 2 is 2.17 bits per heavy atom. The Hall–Kier alpha value is -2.19. The van der Waals surface area contributed by atoms with Gasteiger partial charge in [0.1, 0.15) is 12.4 Å². The van der Waals surface area contributed by atoms with E-state index in [1.54, 1.807) is 11.0 Å². The number of nitrogens with one attached hydrogen (secondary N) is 1. The minimum Gasteiger partial charge on any atom is -0.447 e. The first-order valence-electron chi connectivity index (χ1n) is 7.86. The SMILES string of the molecule is COC[C@@H]1COC(=O)N1c1ccc(C(=O)N2CCNCC2)c(F)c1. The standard InChI is InChI=1S/C16H20FN3O4/c1-23-9-12-10-24-16(22)20(12)11-2-3-13(14(17)8-11)15(21)19-6-4-18-5-7-19/h2-3,8,12,18H,4-7,9-10H2,1H3/t12-/m1/s1. The average Bonchev–Trinajstić information content (AvgIpc) is 2.96. The number of carbonyl (C=O) groups is 2. The number of methoxy groups -OCH3 is 1. The lowest BCUT2D eigenvalue weighted by Crippen LogP contribution is -2.46. The van der Waals surface area contributed by atoms with Crippen LogP contribution in [-0.4, -0.2) is 69.4 Å². The Labute approximate surface area is 139 Å². The Morgan fingerprint density at radius 1 is 1.42 bits per heavy atom. The van der Waals surface area contributed by atoms with Crippen LogP contribution in [0.1, 0.15) is 10.4 Å². The van der Waals surface area contributed by atoms with Gasteiger partial charge >= 0.3 is 6.09 Å². The molecule has 2 aliphatic rings. The second-order valence-electron chi connectivity index (χ2n) is 5.76. The summed E-state index contributed by atoms with van der Waals surface area (Å²) in [6.07, 6.45) is -0.544. The third-order valence-corrected chi connectivity index (χ3v) is 4.19. The molecule has 0 unspecified atom stereocenters. The zero-order valence-corrected chi connectivity index (χ0v) is 13.5. The smallest absolute Gasteiger partial charge is 0.414 e. The van der Waals surface area contributed by atoms with E-state index in [9.17, 15) is 14.0 Å². The zero-order valence-electron chi connectivity index (χ0n) is 13.5. The molecule has 1 N–H and O–H groups in total. The van der Waals surface area contributed by atoms with Crippen molar-refractivity contribution in [3.8, 4) is 0 Å². The molecular weight excluding hydrogens is 317 g/mol. The minimum atomic E-state index is -0.646. The highest BCUT2D eigenvalue weighted by atomic mass is 19.1. The Balaban J connectivity index is 1.81. The van der Waals surface area contributed by atoms with E-state index in [4.69, 9.17) is 9.47 Å². The lowest BCUT2D eigenvalue weighted by atomic mass is 10.1. The van der Waals surface area contributed by atoms with Gasteiger partial charge in [-0.15, -0.1) is 0 Å². The molecule has 0 spiro atoms. The molecule has 2 amide bonds. The number of amides is 2. The van der Waals surface area contributed by atoms with E-state index in [0.717, 1.165) is 0 Å². The van der Waals surface area contributed by atoms with Crippen LogP contribution in [0.15, 0.2) is 18.2 Å². The molecule has 0 bridgehead atoms. The predicted molar refractivity (Wildman–Crippen MR) is 84.7 cm³/mol. The van der Waals surface area contributed by atoms with Gasteiger partial charge in [-0.2, -0.15) is 0 Å². The monoisotopic (exact) mass is 337 g/mol. The number of cyclic esters (lactones) is 1. The van der Waals surface area contributed by atoms with Crippen molar-refractivity contribution in [3.63, 3.8) is 0 Å². The predicted octanol–water partition coefficient (Wildman–Crippen LogP) is 0.843. The third-order valence-electron chi connectivity index (χ3n) is 4.19. The number of hydrogen-bond donors (Lipinski definition) is 1. The Morgan fingerprint density at radius 3 is 2.83 bits per heavy atom. The summed E-state index contributed by atoms with van der Waals surface area (Å²) in [5.74, 6) is -0.982. The number of ether oxygens (including phenoxy) is 2. The second kappa shape index (κ2) is 7.14. The molecule has 130 valence electrons. The maximum atomic E-state index is 14.5. The molecule has 2 aliphatic heterocycles. The number of nitrogens with zero attached hydrogens (tertiary/aromatic N) is 2. The average molecular weight is 337 g/mol. The summed E-state index contributed by atoms with van der Waals surface area (Å²) in [6.45, 7) is 2.97. The van der Waals surface area contributed by atoms with Crippen LogP contribution in [0.25, 0.3) is 0 Å². The minimum absolute atomic E-state index is 0.0107.